The number of amides is 1. The molecule has 0 spiro atoms. The summed E-state index contributed by atoms with van der Waals surface area (Å²) in [6.45, 7) is 0. The van der Waals surface area contributed by atoms with Crippen LogP contribution in [0.3, 0.4) is 0 Å². The zero-order chi connectivity index (χ0) is 20.8. The van der Waals surface area contributed by atoms with Gasteiger partial charge in [0.05, 0.1) is 10.0 Å². The normalized spacial score (nSPS) is 11.0. The maximum atomic E-state index is 12.6. The van der Waals surface area contributed by atoms with E-state index in [2.05, 4.69) is 21.2 Å². The molecule has 0 aromatic heterocycles. The van der Waals surface area contributed by atoms with Crippen LogP contribution in [0.2, 0.25) is 10.0 Å². The first-order chi connectivity index (χ1) is 14.0. The lowest BCUT2D eigenvalue weighted by molar-refractivity contribution is -0.112. The Bertz CT molecular complexity index is 1140. The van der Waals surface area contributed by atoms with Gasteiger partial charge < -0.3 is 5.32 Å². The van der Waals surface area contributed by atoms with E-state index in [0.717, 1.165) is 21.2 Å². The Hall–Kier alpha value is -2.58. The van der Waals surface area contributed by atoms with E-state index < -0.39 is 5.91 Å². The highest BCUT2D eigenvalue weighted by Crippen LogP contribution is 2.26. The number of anilines is 1. The molecule has 3 rings (SSSR count). The molecule has 1 N–H and O–H groups in total. The summed E-state index contributed by atoms with van der Waals surface area (Å²) in [4.78, 5) is 12.6. The van der Waals surface area contributed by atoms with Gasteiger partial charge in [-0.3, -0.25) is 4.79 Å². The fourth-order valence-electron chi connectivity index (χ4n) is 2.76. The molecule has 0 radical (unpaired) electrons. The fourth-order valence-corrected chi connectivity index (χ4v) is 3.48. The predicted molar refractivity (Wildman–Crippen MR) is 122 cm³/mol. The zero-order valence-electron chi connectivity index (χ0n) is 15.1. The summed E-state index contributed by atoms with van der Waals surface area (Å²) >= 11 is 15.4. The predicted octanol–water partition coefficient (Wildman–Crippen LogP) is 6.89. The van der Waals surface area contributed by atoms with E-state index >= 15 is 0 Å². The van der Waals surface area contributed by atoms with Crippen molar-refractivity contribution in [1.29, 1.82) is 5.26 Å². The van der Waals surface area contributed by atoms with Gasteiger partial charge in [-0.15, -0.1) is 0 Å². The molecule has 0 atom stereocenters. The number of nitrogens with zero attached hydrogens (tertiary/aromatic N) is 1. The number of benzene rings is 3. The highest BCUT2D eigenvalue weighted by Gasteiger charge is 2.12. The Morgan fingerprint density at radius 1 is 1.00 bits per heavy atom. The van der Waals surface area contributed by atoms with Gasteiger partial charge in [0.2, 0.25) is 0 Å². The van der Waals surface area contributed by atoms with Crippen LogP contribution >= 0.6 is 39.1 Å². The molecule has 0 fully saturated rings. The van der Waals surface area contributed by atoms with Crippen molar-refractivity contribution in [3.05, 3.63) is 104 Å². The largest absolute Gasteiger partial charge is 0.321 e. The Balaban J connectivity index is 1.87. The molecule has 3 aromatic rings. The number of carbonyl (C=O) groups is 1. The minimum atomic E-state index is -0.512. The summed E-state index contributed by atoms with van der Waals surface area (Å²) in [5, 5.41) is 12.9. The molecule has 1 amide bonds. The van der Waals surface area contributed by atoms with Crippen LogP contribution in [0.4, 0.5) is 5.69 Å². The molecule has 29 heavy (non-hydrogen) atoms. The van der Waals surface area contributed by atoms with E-state index in [9.17, 15) is 10.1 Å². The second-order valence-electron chi connectivity index (χ2n) is 6.22. The second kappa shape index (κ2) is 9.76. The van der Waals surface area contributed by atoms with Gasteiger partial charge in [-0.25, -0.2) is 0 Å². The van der Waals surface area contributed by atoms with Crippen LogP contribution < -0.4 is 5.32 Å². The first-order valence-electron chi connectivity index (χ1n) is 8.67. The molecule has 3 aromatic carbocycles. The highest BCUT2D eigenvalue weighted by molar-refractivity contribution is 9.10. The van der Waals surface area contributed by atoms with E-state index in [4.69, 9.17) is 23.2 Å². The van der Waals surface area contributed by atoms with E-state index in [0.29, 0.717) is 22.2 Å². The van der Waals surface area contributed by atoms with Crippen molar-refractivity contribution in [3.8, 4) is 6.07 Å². The molecule has 0 aliphatic heterocycles. The van der Waals surface area contributed by atoms with Crippen LogP contribution in [0, 0.1) is 11.3 Å². The standard InChI is InChI=1S/C23H15BrCl2N2O/c24-20-8-4-3-7-17(20)11-15-5-1-2-6-16(15)12-18(14-27)23(29)28-19-9-10-21(25)22(26)13-19/h1-10,12-13H,11H2,(H,28,29)/b18-12+. The molecule has 3 nitrogen and oxygen atoms in total. The molecular weight excluding hydrogens is 471 g/mol. The van der Waals surface area contributed by atoms with Gasteiger partial charge in [-0.05, 0) is 53.5 Å². The van der Waals surface area contributed by atoms with E-state index in [1.54, 1.807) is 18.2 Å². The Morgan fingerprint density at radius 2 is 1.69 bits per heavy atom. The molecule has 144 valence electrons. The average molecular weight is 486 g/mol. The minimum Gasteiger partial charge on any atom is -0.321 e. The number of halogens is 3. The van der Waals surface area contributed by atoms with E-state index in [1.807, 2.05) is 54.6 Å². The lowest BCUT2D eigenvalue weighted by atomic mass is 9.98. The third-order valence-electron chi connectivity index (χ3n) is 4.24. The molecule has 0 bridgehead atoms. The quantitative estimate of drug-likeness (QED) is 0.316. The molecule has 0 aliphatic rings. The van der Waals surface area contributed by atoms with Gasteiger partial charge >= 0.3 is 0 Å². The monoisotopic (exact) mass is 484 g/mol. The number of hydrogen-bond donors (Lipinski definition) is 1. The summed E-state index contributed by atoms with van der Waals surface area (Å²) in [7, 11) is 0. The van der Waals surface area contributed by atoms with Crippen LogP contribution in [-0.4, -0.2) is 5.91 Å². The van der Waals surface area contributed by atoms with Crippen molar-refractivity contribution in [2.45, 2.75) is 6.42 Å². The van der Waals surface area contributed by atoms with Gasteiger partial charge in [-0.2, -0.15) is 5.26 Å². The maximum Gasteiger partial charge on any atom is 0.266 e. The van der Waals surface area contributed by atoms with Crippen LogP contribution in [0.5, 0.6) is 0 Å². The molecule has 0 heterocycles. The SMILES string of the molecule is N#C/C(=C\c1ccccc1Cc1ccccc1Br)C(=O)Nc1ccc(Cl)c(Cl)c1. The molecule has 0 aliphatic carbocycles. The highest BCUT2D eigenvalue weighted by atomic mass is 79.9. The third-order valence-corrected chi connectivity index (χ3v) is 5.75. The molecule has 6 heteroatoms. The van der Waals surface area contributed by atoms with Gasteiger partial charge in [0.15, 0.2) is 0 Å². The second-order valence-corrected chi connectivity index (χ2v) is 7.89. The summed E-state index contributed by atoms with van der Waals surface area (Å²) in [6.07, 6.45) is 2.26. The van der Waals surface area contributed by atoms with Crippen molar-refractivity contribution in [2.24, 2.45) is 0 Å². The van der Waals surface area contributed by atoms with E-state index in [-0.39, 0.29) is 5.57 Å². The lowest BCUT2D eigenvalue weighted by Gasteiger charge is -2.09. The number of carbonyl (C=O) groups excluding carboxylic acids is 1. The Kier molecular flexibility index (Phi) is 7.11. The van der Waals surface area contributed by atoms with Crippen molar-refractivity contribution in [2.75, 3.05) is 5.32 Å². The Labute approximate surface area is 187 Å². The van der Waals surface area contributed by atoms with Crippen molar-refractivity contribution < 1.29 is 4.79 Å². The van der Waals surface area contributed by atoms with Gasteiger partial charge in [-0.1, -0.05) is 81.6 Å². The van der Waals surface area contributed by atoms with Gasteiger partial charge in [0, 0.05) is 10.2 Å². The third kappa shape index (κ3) is 5.48. The molecule has 0 saturated carbocycles. The van der Waals surface area contributed by atoms with Crippen LogP contribution in [0.25, 0.3) is 6.08 Å². The van der Waals surface area contributed by atoms with Crippen molar-refractivity contribution >= 4 is 56.8 Å². The number of hydrogen-bond acceptors (Lipinski definition) is 2. The summed E-state index contributed by atoms with van der Waals surface area (Å²) < 4.78 is 1.01. The first kappa shape index (κ1) is 21.1. The number of rotatable bonds is 5. The van der Waals surface area contributed by atoms with Gasteiger partial charge in [0.25, 0.3) is 5.91 Å². The smallest absolute Gasteiger partial charge is 0.266 e. The maximum absolute atomic E-state index is 12.6. The summed E-state index contributed by atoms with van der Waals surface area (Å²) in [5.74, 6) is -0.512. The van der Waals surface area contributed by atoms with E-state index in [1.165, 1.54) is 6.07 Å². The summed E-state index contributed by atoms with van der Waals surface area (Å²) in [6, 6.07) is 22.4. The zero-order valence-corrected chi connectivity index (χ0v) is 18.2. The topological polar surface area (TPSA) is 52.9 Å². The fraction of sp³-hybridized carbons (Fsp3) is 0.0435. The van der Waals surface area contributed by atoms with Crippen molar-refractivity contribution in [3.63, 3.8) is 0 Å². The average Bonchev–Trinajstić information content (AvgIpc) is 2.71. The first-order valence-corrected chi connectivity index (χ1v) is 10.2. The molecule has 0 unspecified atom stereocenters. The van der Waals surface area contributed by atoms with Gasteiger partial charge in [0.1, 0.15) is 11.6 Å². The van der Waals surface area contributed by atoms with Crippen LogP contribution in [-0.2, 0) is 11.2 Å². The van der Waals surface area contributed by atoms with Crippen LogP contribution in [0.15, 0.2) is 76.8 Å². The lowest BCUT2D eigenvalue weighted by Crippen LogP contribution is -2.13. The summed E-state index contributed by atoms with van der Waals surface area (Å²) in [5.41, 5.74) is 3.40. The molecular formula is C23H15BrCl2N2O. The number of nitriles is 1. The Morgan fingerprint density at radius 3 is 2.38 bits per heavy atom. The van der Waals surface area contributed by atoms with Crippen LogP contribution in [0.1, 0.15) is 16.7 Å². The minimum absolute atomic E-state index is 0.00403. The molecule has 0 saturated heterocycles. The van der Waals surface area contributed by atoms with Crippen molar-refractivity contribution in [1.82, 2.24) is 0 Å². The number of nitrogens with one attached hydrogen (secondary N) is 1.